The molecule has 0 saturated heterocycles. The first-order chi connectivity index (χ1) is 11.5. The molecule has 0 saturated carbocycles. The molecule has 3 rings (SSSR count). The zero-order valence-electron chi connectivity index (χ0n) is 12.7. The highest BCUT2D eigenvalue weighted by atomic mass is 35.5. The summed E-state index contributed by atoms with van der Waals surface area (Å²) in [5.74, 6) is 0.120. The van der Waals surface area contributed by atoms with Gasteiger partial charge < -0.3 is 4.57 Å². The first-order valence-corrected chi connectivity index (χ1v) is 8.48. The smallest absolute Gasteiger partial charge is 0.269 e. The van der Waals surface area contributed by atoms with Crippen molar-refractivity contribution in [2.45, 2.75) is 10.8 Å². The fourth-order valence-corrected chi connectivity index (χ4v) is 3.94. The number of halogens is 2. The predicted molar refractivity (Wildman–Crippen MR) is 94.9 cm³/mol. The van der Waals surface area contributed by atoms with E-state index in [9.17, 15) is 14.4 Å². The van der Waals surface area contributed by atoms with Gasteiger partial charge in [-0.2, -0.15) is 5.26 Å². The molecule has 120 valence electrons. The molecule has 0 fully saturated rings. The van der Waals surface area contributed by atoms with Gasteiger partial charge in [-0.05, 0) is 29.8 Å². The topological polar surface area (TPSA) is 45.8 Å². The Morgan fingerprint density at radius 3 is 2.71 bits per heavy atom. The Bertz CT molecular complexity index is 1040. The van der Waals surface area contributed by atoms with E-state index in [0.29, 0.717) is 26.6 Å². The molecule has 0 aliphatic rings. The molecule has 0 spiro atoms. The average Bonchev–Trinajstić information content (AvgIpc) is 2.57. The summed E-state index contributed by atoms with van der Waals surface area (Å²) < 4.78 is 15.1. The fourth-order valence-electron chi connectivity index (χ4n) is 2.51. The van der Waals surface area contributed by atoms with E-state index in [2.05, 4.69) is 0 Å². The van der Waals surface area contributed by atoms with E-state index in [1.807, 2.05) is 24.3 Å². The molecule has 3 nitrogen and oxygen atoms in total. The van der Waals surface area contributed by atoms with E-state index >= 15 is 0 Å². The average molecular weight is 359 g/mol. The minimum atomic E-state index is -0.412. The molecule has 6 heteroatoms. The lowest BCUT2D eigenvalue weighted by Gasteiger charge is -2.13. The highest BCUT2D eigenvalue weighted by molar-refractivity contribution is 7.98. The molecular weight excluding hydrogens is 347 g/mol. The first-order valence-electron chi connectivity index (χ1n) is 7.11. The summed E-state index contributed by atoms with van der Waals surface area (Å²) in [6, 6.07) is 13.4. The predicted octanol–water partition coefficient (Wildman–Crippen LogP) is 4.49. The van der Waals surface area contributed by atoms with E-state index in [0.717, 1.165) is 5.56 Å². The number of nitriles is 1. The molecule has 0 bridgehead atoms. The van der Waals surface area contributed by atoms with Gasteiger partial charge in [-0.3, -0.25) is 4.79 Å². The number of thioether (sulfide) groups is 1. The Labute approximate surface area is 147 Å². The standard InChI is InChI=1S/C18H12ClFN2OS/c1-22-17(23)15(9-21)13-7-6-12(20)8-14(13)18(22)24-10-11-4-2-3-5-16(11)19/h2-8H,10H2,1H3. The van der Waals surface area contributed by atoms with Gasteiger partial charge in [-0.25, -0.2) is 4.39 Å². The monoisotopic (exact) mass is 358 g/mol. The van der Waals surface area contributed by atoms with Crippen LogP contribution in [0.15, 0.2) is 52.3 Å². The van der Waals surface area contributed by atoms with Crippen LogP contribution in [0.2, 0.25) is 5.02 Å². The molecule has 0 atom stereocenters. The molecule has 0 amide bonds. The van der Waals surface area contributed by atoms with Crippen LogP contribution in [0.5, 0.6) is 0 Å². The maximum absolute atomic E-state index is 13.7. The van der Waals surface area contributed by atoms with Crippen LogP contribution in [0, 0.1) is 17.1 Å². The fraction of sp³-hybridized carbons (Fsp3) is 0.111. The van der Waals surface area contributed by atoms with Crippen molar-refractivity contribution >= 4 is 34.1 Å². The largest absolute Gasteiger partial charge is 0.305 e. The van der Waals surface area contributed by atoms with Gasteiger partial charge in [0.15, 0.2) is 0 Å². The van der Waals surface area contributed by atoms with Crippen LogP contribution in [0.25, 0.3) is 10.8 Å². The molecule has 0 N–H and O–H groups in total. The van der Waals surface area contributed by atoms with Gasteiger partial charge in [0.2, 0.25) is 0 Å². The Balaban J connectivity index is 2.15. The minimum absolute atomic E-state index is 0.0228. The zero-order chi connectivity index (χ0) is 17.3. The van der Waals surface area contributed by atoms with Crippen LogP contribution in [0.1, 0.15) is 11.1 Å². The van der Waals surface area contributed by atoms with Crippen LogP contribution in [0.4, 0.5) is 4.39 Å². The summed E-state index contributed by atoms with van der Waals surface area (Å²) in [7, 11) is 1.59. The third-order valence-electron chi connectivity index (χ3n) is 3.74. The van der Waals surface area contributed by atoms with Crippen LogP contribution < -0.4 is 5.56 Å². The number of benzene rings is 2. The Kier molecular flexibility index (Phi) is 4.61. The Morgan fingerprint density at radius 1 is 1.25 bits per heavy atom. The molecular formula is C18H12ClFN2OS. The van der Waals surface area contributed by atoms with Crippen LogP contribution in [0.3, 0.4) is 0 Å². The zero-order valence-corrected chi connectivity index (χ0v) is 14.3. The van der Waals surface area contributed by atoms with Crippen molar-refractivity contribution in [2.75, 3.05) is 0 Å². The van der Waals surface area contributed by atoms with Gasteiger partial charge in [0.25, 0.3) is 5.56 Å². The normalized spacial score (nSPS) is 10.8. The summed E-state index contributed by atoms with van der Waals surface area (Å²) in [4.78, 5) is 12.4. The summed E-state index contributed by atoms with van der Waals surface area (Å²) in [5.41, 5.74) is 0.554. The summed E-state index contributed by atoms with van der Waals surface area (Å²) >= 11 is 7.56. The molecule has 1 aromatic heterocycles. The quantitative estimate of drug-likeness (QED) is 0.648. The van der Waals surface area contributed by atoms with Crippen molar-refractivity contribution in [1.29, 1.82) is 5.26 Å². The molecule has 0 aliphatic carbocycles. The van der Waals surface area contributed by atoms with Gasteiger partial charge >= 0.3 is 0 Å². The number of hydrogen-bond acceptors (Lipinski definition) is 3. The lowest BCUT2D eigenvalue weighted by atomic mass is 10.1. The van der Waals surface area contributed by atoms with Gasteiger partial charge in [0.1, 0.15) is 17.4 Å². The first kappa shape index (κ1) is 16.6. The Morgan fingerprint density at radius 2 is 2.00 bits per heavy atom. The Hall–Kier alpha value is -2.29. The molecule has 24 heavy (non-hydrogen) atoms. The SMILES string of the molecule is Cn1c(SCc2ccccc2Cl)c2cc(F)ccc2c(C#N)c1=O. The second-order valence-corrected chi connectivity index (χ2v) is 6.60. The lowest BCUT2D eigenvalue weighted by Crippen LogP contribution is -2.21. The second kappa shape index (κ2) is 6.68. The van der Waals surface area contributed by atoms with Crippen LogP contribution in [-0.4, -0.2) is 4.57 Å². The molecule has 0 unspecified atom stereocenters. The number of fused-ring (bicyclic) bond motifs is 1. The number of rotatable bonds is 3. The van der Waals surface area contributed by atoms with E-state index in [4.69, 9.17) is 11.6 Å². The van der Waals surface area contributed by atoms with E-state index in [1.165, 1.54) is 34.5 Å². The van der Waals surface area contributed by atoms with E-state index in [1.54, 1.807) is 13.1 Å². The maximum Gasteiger partial charge on any atom is 0.269 e. The summed E-state index contributed by atoms with van der Waals surface area (Å²) in [5, 5.41) is 11.5. The third kappa shape index (κ3) is 2.91. The molecule has 0 aliphatic heterocycles. The minimum Gasteiger partial charge on any atom is -0.305 e. The third-order valence-corrected chi connectivity index (χ3v) is 5.33. The molecule has 0 radical (unpaired) electrons. The highest BCUT2D eigenvalue weighted by Gasteiger charge is 2.15. The van der Waals surface area contributed by atoms with Crippen molar-refractivity contribution in [3.05, 3.63) is 74.8 Å². The molecule has 3 aromatic rings. The van der Waals surface area contributed by atoms with Crippen molar-refractivity contribution in [2.24, 2.45) is 7.05 Å². The highest BCUT2D eigenvalue weighted by Crippen LogP contribution is 2.32. The van der Waals surface area contributed by atoms with Crippen LogP contribution in [-0.2, 0) is 12.8 Å². The summed E-state index contributed by atoms with van der Waals surface area (Å²) in [6.45, 7) is 0. The van der Waals surface area contributed by atoms with E-state index in [-0.39, 0.29) is 5.56 Å². The van der Waals surface area contributed by atoms with Gasteiger partial charge in [-0.1, -0.05) is 29.8 Å². The molecule has 2 aromatic carbocycles. The van der Waals surface area contributed by atoms with Crippen molar-refractivity contribution < 1.29 is 4.39 Å². The number of nitrogens with zero attached hydrogens (tertiary/aromatic N) is 2. The number of hydrogen-bond donors (Lipinski definition) is 0. The summed E-state index contributed by atoms with van der Waals surface area (Å²) in [6.07, 6.45) is 0. The maximum atomic E-state index is 13.7. The molecule has 1 heterocycles. The van der Waals surface area contributed by atoms with Crippen molar-refractivity contribution in [3.63, 3.8) is 0 Å². The number of pyridine rings is 1. The van der Waals surface area contributed by atoms with Crippen molar-refractivity contribution in [3.8, 4) is 6.07 Å². The van der Waals surface area contributed by atoms with Crippen molar-refractivity contribution in [1.82, 2.24) is 4.57 Å². The van der Waals surface area contributed by atoms with Gasteiger partial charge in [0, 0.05) is 28.6 Å². The van der Waals surface area contributed by atoms with Crippen LogP contribution >= 0.6 is 23.4 Å². The van der Waals surface area contributed by atoms with Gasteiger partial charge in [-0.15, -0.1) is 11.8 Å². The van der Waals surface area contributed by atoms with E-state index < -0.39 is 11.4 Å². The lowest BCUT2D eigenvalue weighted by molar-refractivity contribution is 0.629. The number of aromatic nitrogens is 1. The second-order valence-electron chi connectivity index (χ2n) is 5.23. The van der Waals surface area contributed by atoms with Gasteiger partial charge in [0.05, 0.1) is 5.03 Å².